The van der Waals surface area contributed by atoms with Crippen LogP contribution < -0.4 is 10.5 Å². The summed E-state index contributed by atoms with van der Waals surface area (Å²) >= 11 is 0. The largest absolute Gasteiger partial charge is 0.490 e. The number of aromatic nitrogens is 4. The Kier molecular flexibility index (Phi) is 5.82. The van der Waals surface area contributed by atoms with E-state index in [0.29, 0.717) is 17.3 Å². The van der Waals surface area contributed by atoms with Crippen molar-refractivity contribution < 1.29 is 17.9 Å². The average molecular weight is 468 g/mol. The number of hydrogen-bond donors (Lipinski definition) is 1. The zero-order chi connectivity index (χ0) is 23.7. The summed E-state index contributed by atoms with van der Waals surface area (Å²) in [6.45, 7) is 2.57. The molecular weight excluding hydrogens is 445 g/mol. The number of nitrogen functional groups attached to an aromatic ring is 1. The van der Waals surface area contributed by atoms with E-state index in [1.54, 1.807) is 36.5 Å². The summed E-state index contributed by atoms with van der Waals surface area (Å²) in [6.07, 6.45) is 0.323. The highest BCUT2D eigenvalue weighted by molar-refractivity contribution is 5.74. The second-order valence-electron chi connectivity index (χ2n) is 8.29. The van der Waals surface area contributed by atoms with Crippen LogP contribution in [0, 0.1) is 0 Å². The second-order valence-corrected chi connectivity index (χ2v) is 8.29. The van der Waals surface area contributed by atoms with Crippen molar-refractivity contribution in [2.75, 3.05) is 18.8 Å². The predicted molar refractivity (Wildman–Crippen MR) is 121 cm³/mol. The molecule has 5 rings (SSSR count). The highest BCUT2D eigenvalue weighted by Gasteiger charge is 2.38. The lowest BCUT2D eigenvalue weighted by Gasteiger charge is -2.32. The van der Waals surface area contributed by atoms with Crippen LogP contribution in [-0.4, -0.2) is 43.6 Å². The number of hydrogen-bond acceptors (Lipinski definition) is 6. The number of nitrogens with two attached hydrogens (primary N) is 1. The van der Waals surface area contributed by atoms with E-state index < -0.39 is 12.0 Å². The molecule has 10 heteroatoms. The maximum atomic E-state index is 13.6. The fraction of sp³-hybridized carbons (Fsp3) is 0.292. The van der Waals surface area contributed by atoms with Crippen molar-refractivity contribution in [2.24, 2.45) is 0 Å². The first-order chi connectivity index (χ1) is 16.4. The molecule has 0 saturated carbocycles. The fourth-order valence-corrected chi connectivity index (χ4v) is 4.25. The van der Waals surface area contributed by atoms with Crippen molar-refractivity contribution in [3.63, 3.8) is 0 Å². The molecule has 4 aromatic rings. The molecule has 0 bridgehead atoms. The van der Waals surface area contributed by atoms with Gasteiger partial charge in [-0.3, -0.25) is 9.47 Å². The SMILES string of the molecule is Nc1cc(CN2CCC(Oc3ccc(-n4c(C(F)(F)F)nc5cccnc54)cc3)CC2)ccn1. The van der Waals surface area contributed by atoms with E-state index in [9.17, 15) is 13.2 Å². The third-order valence-corrected chi connectivity index (χ3v) is 5.85. The Morgan fingerprint density at radius 2 is 1.76 bits per heavy atom. The Bertz CT molecular complexity index is 1280. The van der Waals surface area contributed by atoms with E-state index in [1.807, 2.05) is 12.1 Å². The molecule has 1 saturated heterocycles. The van der Waals surface area contributed by atoms with Crippen LogP contribution in [0.4, 0.5) is 19.0 Å². The minimum atomic E-state index is -4.61. The van der Waals surface area contributed by atoms with Gasteiger partial charge in [0.1, 0.15) is 23.2 Å². The first-order valence-electron chi connectivity index (χ1n) is 11.0. The van der Waals surface area contributed by atoms with Gasteiger partial charge in [-0.15, -0.1) is 0 Å². The Morgan fingerprint density at radius 1 is 1.00 bits per heavy atom. The van der Waals surface area contributed by atoms with Gasteiger partial charge in [0, 0.05) is 37.7 Å². The minimum absolute atomic E-state index is 0.0473. The Morgan fingerprint density at radius 3 is 2.47 bits per heavy atom. The molecule has 3 aromatic heterocycles. The van der Waals surface area contributed by atoms with E-state index in [-0.39, 0.29) is 17.3 Å². The monoisotopic (exact) mass is 468 g/mol. The van der Waals surface area contributed by atoms with Gasteiger partial charge in [-0.25, -0.2) is 15.0 Å². The van der Waals surface area contributed by atoms with Crippen molar-refractivity contribution in [1.82, 2.24) is 24.4 Å². The number of nitrogens with zero attached hydrogens (tertiary/aromatic N) is 5. The molecule has 1 fully saturated rings. The summed E-state index contributed by atoms with van der Waals surface area (Å²) in [7, 11) is 0. The standard InChI is InChI=1S/C24H23F3N6O/c25-24(26,27)23-31-20-2-1-10-30-22(20)33(23)17-3-5-18(6-4-17)34-19-8-12-32(13-9-19)15-16-7-11-29-21(28)14-16/h1-7,10-11,14,19H,8-9,12-13,15H2,(H2,28,29). The van der Waals surface area contributed by atoms with Crippen LogP contribution in [0.3, 0.4) is 0 Å². The lowest BCUT2D eigenvalue weighted by molar-refractivity contribution is -0.145. The number of ether oxygens (including phenoxy) is 1. The van der Waals surface area contributed by atoms with Gasteiger partial charge in [0.25, 0.3) is 0 Å². The topological polar surface area (TPSA) is 82.1 Å². The third-order valence-electron chi connectivity index (χ3n) is 5.85. The molecule has 1 aliphatic heterocycles. The third kappa shape index (κ3) is 4.67. The van der Waals surface area contributed by atoms with Crippen molar-refractivity contribution in [3.8, 4) is 11.4 Å². The van der Waals surface area contributed by atoms with Gasteiger partial charge in [-0.1, -0.05) is 0 Å². The summed E-state index contributed by atoms with van der Waals surface area (Å²) in [6, 6.07) is 13.5. The molecule has 176 valence electrons. The van der Waals surface area contributed by atoms with Crippen LogP contribution in [0.2, 0.25) is 0 Å². The van der Waals surface area contributed by atoms with Crippen molar-refractivity contribution in [1.29, 1.82) is 0 Å². The quantitative estimate of drug-likeness (QED) is 0.466. The number of halogens is 3. The molecule has 1 aliphatic rings. The zero-order valence-corrected chi connectivity index (χ0v) is 18.2. The Hall–Kier alpha value is -3.66. The van der Waals surface area contributed by atoms with Gasteiger partial charge in [0.05, 0.1) is 0 Å². The maximum Gasteiger partial charge on any atom is 0.450 e. The molecule has 0 aliphatic carbocycles. The van der Waals surface area contributed by atoms with Crippen LogP contribution in [0.25, 0.3) is 16.9 Å². The molecule has 0 atom stereocenters. The summed E-state index contributed by atoms with van der Waals surface area (Å²) in [5.74, 6) is 0.134. The van der Waals surface area contributed by atoms with Crippen LogP contribution in [0.1, 0.15) is 24.2 Å². The number of imidazole rings is 1. The molecule has 4 heterocycles. The number of piperidine rings is 1. The number of rotatable bonds is 5. The first kappa shape index (κ1) is 22.1. The van der Waals surface area contributed by atoms with Gasteiger partial charge >= 0.3 is 6.18 Å². The minimum Gasteiger partial charge on any atom is -0.490 e. The molecular formula is C24H23F3N6O. The molecule has 2 N–H and O–H groups in total. The van der Waals surface area contributed by atoms with E-state index in [0.717, 1.165) is 42.6 Å². The molecule has 1 aromatic carbocycles. The average Bonchev–Trinajstić information content (AvgIpc) is 3.21. The molecule has 0 unspecified atom stereocenters. The lowest BCUT2D eigenvalue weighted by atomic mass is 10.1. The summed E-state index contributed by atoms with van der Waals surface area (Å²) < 4.78 is 47.9. The second kappa shape index (κ2) is 8.94. The molecule has 0 amide bonds. The molecule has 0 radical (unpaired) electrons. The van der Waals surface area contributed by atoms with Gasteiger partial charge < -0.3 is 10.5 Å². The summed E-state index contributed by atoms with van der Waals surface area (Å²) in [4.78, 5) is 14.2. The lowest BCUT2D eigenvalue weighted by Crippen LogP contribution is -2.37. The molecule has 0 spiro atoms. The number of benzene rings is 1. The van der Waals surface area contributed by atoms with Crippen LogP contribution in [0.15, 0.2) is 60.9 Å². The number of alkyl halides is 3. The Labute approximate surface area is 194 Å². The van der Waals surface area contributed by atoms with Crippen LogP contribution >= 0.6 is 0 Å². The zero-order valence-electron chi connectivity index (χ0n) is 18.2. The fourth-order valence-electron chi connectivity index (χ4n) is 4.25. The summed E-state index contributed by atoms with van der Waals surface area (Å²) in [5.41, 5.74) is 7.56. The molecule has 34 heavy (non-hydrogen) atoms. The van der Waals surface area contributed by atoms with Gasteiger partial charge in [-0.2, -0.15) is 13.2 Å². The first-order valence-corrected chi connectivity index (χ1v) is 11.0. The van der Waals surface area contributed by atoms with E-state index in [4.69, 9.17) is 10.5 Å². The van der Waals surface area contributed by atoms with Gasteiger partial charge in [0.15, 0.2) is 5.65 Å². The van der Waals surface area contributed by atoms with Crippen molar-refractivity contribution >= 4 is 17.0 Å². The Balaban J connectivity index is 1.26. The van der Waals surface area contributed by atoms with Gasteiger partial charge in [0.2, 0.25) is 5.82 Å². The highest BCUT2D eigenvalue weighted by Crippen LogP contribution is 2.33. The normalized spacial score (nSPS) is 15.6. The van der Waals surface area contributed by atoms with Crippen LogP contribution in [0.5, 0.6) is 5.75 Å². The number of anilines is 1. The van der Waals surface area contributed by atoms with Gasteiger partial charge in [-0.05, 0) is 66.9 Å². The highest BCUT2D eigenvalue weighted by atomic mass is 19.4. The van der Waals surface area contributed by atoms with E-state index in [2.05, 4.69) is 19.9 Å². The predicted octanol–water partition coefficient (Wildman–Crippen LogP) is 4.46. The maximum absolute atomic E-state index is 13.6. The van der Waals surface area contributed by atoms with Crippen LogP contribution in [-0.2, 0) is 12.7 Å². The van der Waals surface area contributed by atoms with E-state index >= 15 is 0 Å². The van der Waals surface area contributed by atoms with Crippen molar-refractivity contribution in [3.05, 3.63) is 72.3 Å². The number of pyridine rings is 2. The number of likely N-dealkylation sites (tertiary alicyclic amines) is 1. The number of fused-ring (bicyclic) bond motifs is 1. The van der Waals surface area contributed by atoms with Crippen molar-refractivity contribution in [2.45, 2.75) is 31.7 Å². The molecule has 7 nitrogen and oxygen atoms in total. The van der Waals surface area contributed by atoms with E-state index in [1.165, 1.54) is 12.3 Å². The summed E-state index contributed by atoms with van der Waals surface area (Å²) in [5, 5.41) is 0. The smallest absolute Gasteiger partial charge is 0.450 e.